The molecule has 5 nitrogen and oxygen atoms in total. The zero-order chi connectivity index (χ0) is 29.1. The van der Waals surface area contributed by atoms with Gasteiger partial charge in [0.25, 0.3) is 5.91 Å². The fraction of sp³-hybridized carbons (Fsp3) is 0.361. The first-order chi connectivity index (χ1) is 20.7. The number of carbonyl (C=O) groups is 1. The molecule has 0 bridgehead atoms. The van der Waals surface area contributed by atoms with Crippen LogP contribution in [-0.2, 0) is 0 Å². The van der Waals surface area contributed by atoms with E-state index in [9.17, 15) is 4.79 Å². The SMILES string of the molecule is CCCCCCOc1ccc2c(c1)Oc1cc(OCCCCCC)ccc1C2C1=[C+]C=CC=C1NC(=O)c1cccs1. The molecule has 2 aromatic carbocycles. The maximum Gasteiger partial charge on any atom is 0.277 e. The molecule has 0 saturated heterocycles. The number of hydrogen-bond acceptors (Lipinski definition) is 5. The van der Waals surface area contributed by atoms with Gasteiger partial charge in [-0.25, -0.2) is 0 Å². The van der Waals surface area contributed by atoms with Crippen molar-refractivity contribution in [3.63, 3.8) is 0 Å². The van der Waals surface area contributed by atoms with Gasteiger partial charge in [-0.2, -0.15) is 0 Å². The molecule has 0 atom stereocenters. The molecule has 6 heteroatoms. The van der Waals surface area contributed by atoms with Crippen LogP contribution in [0.1, 0.15) is 91.9 Å². The van der Waals surface area contributed by atoms with Gasteiger partial charge in [0.05, 0.1) is 30.1 Å². The molecule has 5 rings (SSSR count). The van der Waals surface area contributed by atoms with Gasteiger partial charge in [0.15, 0.2) is 11.3 Å². The van der Waals surface area contributed by atoms with Crippen molar-refractivity contribution in [3.8, 4) is 23.0 Å². The molecule has 0 spiro atoms. The Morgan fingerprint density at radius 3 is 2.10 bits per heavy atom. The fourth-order valence-electron chi connectivity index (χ4n) is 5.29. The summed E-state index contributed by atoms with van der Waals surface area (Å²) < 4.78 is 18.7. The molecule has 2 heterocycles. The molecule has 1 aromatic heterocycles. The number of carbonyl (C=O) groups excluding carboxylic acids is 1. The van der Waals surface area contributed by atoms with E-state index in [2.05, 4.69) is 37.4 Å². The van der Waals surface area contributed by atoms with Crippen molar-refractivity contribution in [1.29, 1.82) is 0 Å². The number of hydrogen-bond donors (Lipinski definition) is 1. The summed E-state index contributed by atoms with van der Waals surface area (Å²) in [6.07, 6.45) is 18.4. The van der Waals surface area contributed by atoms with Crippen LogP contribution in [0.5, 0.6) is 23.0 Å². The summed E-state index contributed by atoms with van der Waals surface area (Å²) in [5, 5.41) is 5.04. The lowest BCUT2D eigenvalue weighted by molar-refractivity contribution is 0.0970. The standard InChI is InChI=1S/C36H39NO4S/c1-3-5-7-11-21-39-26-17-19-29-32(24-26)41-33-25-27(40-22-12-8-6-4-2)18-20-30(33)35(29)28-14-9-10-15-31(28)37-36(38)34-16-13-23-42-34/h9-10,13,15-20,23-25,35H,3-8,11-12,21-22H2,1-2H3/p+1. The minimum Gasteiger partial charge on any atom is -0.493 e. The summed E-state index contributed by atoms with van der Waals surface area (Å²) in [6.45, 7) is 5.78. The van der Waals surface area contributed by atoms with Crippen molar-refractivity contribution >= 4 is 17.2 Å². The first kappa shape index (κ1) is 29.6. The van der Waals surface area contributed by atoms with Crippen molar-refractivity contribution in [2.45, 2.75) is 71.1 Å². The zero-order valence-corrected chi connectivity index (χ0v) is 25.4. The Kier molecular flexibility index (Phi) is 10.5. The third kappa shape index (κ3) is 7.31. The first-order valence-corrected chi connectivity index (χ1v) is 16.1. The van der Waals surface area contributed by atoms with Crippen LogP contribution in [0.15, 0.2) is 83.4 Å². The van der Waals surface area contributed by atoms with Gasteiger partial charge in [0.1, 0.15) is 29.1 Å². The number of rotatable bonds is 15. The van der Waals surface area contributed by atoms with Crippen LogP contribution >= 0.6 is 11.3 Å². The quantitative estimate of drug-likeness (QED) is 0.143. The van der Waals surface area contributed by atoms with Crippen LogP contribution < -0.4 is 19.5 Å². The molecule has 0 saturated carbocycles. The summed E-state index contributed by atoms with van der Waals surface area (Å²) in [6, 6.07) is 15.9. The molecular weight excluding hydrogens is 542 g/mol. The number of unbranched alkanes of at least 4 members (excludes halogenated alkanes) is 6. The maximum absolute atomic E-state index is 13.1. The van der Waals surface area contributed by atoms with Crippen molar-refractivity contribution in [2.75, 3.05) is 13.2 Å². The summed E-state index contributed by atoms with van der Waals surface area (Å²) in [4.78, 5) is 13.7. The van der Waals surface area contributed by atoms with E-state index in [1.807, 2.05) is 60.0 Å². The number of nitrogens with one attached hydrogen (secondary N) is 1. The van der Waals surface area contributed by atoms with Gasteiger partial charge >= 0.3 is 0 Å². The number of fused-ring (bicyclic) bond motifs is 2. The highest BCUT2D eigenvalue weighted by Crippen LogP contribution is 2.50. The maximum atomic E-state index is 13.1. The molecule has 42 heavy (non-hydrogen) atoms. The minimum atomic E-state index is -0.194. The Morgan fingerprint density at radius 1 is 0.881 bits per heavy atom. The largest absolute Gasteiger partial charge is 0.493 e. The monoisotopic (exact) mass is 582 g/mol. The molecule has 2 aliphatic rings. The van der Waals surface area contributed by atoms with Crippen molar-refractivity contribution in [2.24, 2.45) is 0 Å². The third-order valence-electron chi connectivity index (χ3n) is 7.52. The Bertz CT molecular complexity index is 1370. The van der Waals surface area contributed by atoms with Crippen LogP contribution in [0, 0.1) is 6.08 Å². The second-order valence-corrected chi connectivity index (χ2v) is 11.6. The van der Waals surface area contributed by atoms with E-state index in [0.29, 0.717) is 18.1 Å². The van der Waals surface area contributed by atoms with Gasteiger partial charge < -0.3 is 14.2 Å². The lowest BCUT2D eigenvalue weighted by Crippen LogP contribution is -2.26. The molecule has 1 N–H and O–H groups in total. The number of ether oxygens (including phenoxy) is 3. The second kappa shape index (κ2) is 14.9. The van der Waals surface area contributed by atoms with Crippen molar-refractivity contribution < 1.29 is 19.0 Å². The van der Waals surface area contributed by atoms with Gasteiger partial charge in [-0.3, -0.25) is 10.1 Å². The lowest BCUT2D eigenvalue weighted by Gasteiger charge is -2.29. The zero-order valence-electron chi connectivity index (χ0n) is 24.6. The van der Waals surface area contributed by atoms with Crippen LogP contribution in [-0.4, -0.2) is 19.1 Å². The van der Waals surface area contributed by atoms with Gasteiger partial charge in [0.2, 0.25) is 0 Å². The molecule has 0 radical (unpaired) electrons. The number of thiophene rings is 1. The van der Waals surface area contributed by atoms with E-state index in [4.69, 9.17) is 14.2 Å². The fourth-order valence-corrected chi connectivity index (χ4v) is 5.91. The van der Waals surface area contributed by atoms with Gasteiger partial charge in [-0.15, -0.1) is 11.3 Å². The summed E-state index contributed by atoms with van der Waals surface area (Å²) in [5.74, 6) is 2.74. The third-order valence-corrected chi connectivity index (χ3v) is 8.38. The van der Waals surface area contributed by atoms with E-state index in [0.717, 1.165) is 58.2 Å². The Balaban J connectivity index is 1.43. The van der Waals surface area contributed by atoms with E-state index in [1.165, 1.54) is 49.9 Å². The molecule has 3 aromatic rings. The molecule has 0 unspecified atom stereocenters. The highest BCUT2D eigenvalue weighted by atomic mass is 32.1. The Morgan fingerprint density at radius 2 is 1.52 bits per heavy atom. The number of benzene rings is 2. The highest BCUT2D eigenvalue weighted by molar-refractivity contribution is 7.12. The Hall–Kier alpha value is -3.86. The molecule has 1 amide bonds. The molecule has 218 valence electrons. The number of amides is 1. The van der Waals surface area contributed by atoms with Gasteiger partial charge in [0, 0.05) is 35.4 Å². The summed E-state index contributed by atoms with van der Waals surface area (Å²) in [5.41, 5.74) is 3.62. The normalized spacial score (nSPS) is 13.7. The predicted octanol–water partition coefficient (Wildman–Crippen LogP) is 9.52. The van der Waals surface area contributed by atoms with E-state index < -0.39 is 0 Å². The molecular formula is C36H40NO4S+. The average molecular weight is 583 g/mol. The number of allylic oxidation sites excluding steroid dienone is 5. The van der Waals surface area contributed by atoms with Gasteiger partial charge in [-0.1, -0.05) is 70.6 Å². The smallest absolute Gasteiger partial charge is 0.277 e. The predicted molar refractivity (Wildman–Crippen MR) is 170 cm³/mol. The van der Waals surface area contributed by atoms with Crippen LogP contribution in [0.2, 0.25) is 0 Å². The summed E-state index contributed by atoms with van der Waals surface area (Å²) >= 11 is 1.42. The molecule has 0 fully saturated rings. The van der Waals surface area contributed by atoms with E-state index in [-0.39, 0.29) is 11.8 Å². The van der Waals surface area contributed by atoms with Crippen LogP contribution in [0.3, 0.4) is 0 Å². The van der Waals surface area contributed by atoms with Crippen molar-refractivity contribution in [1.82, 2.24) is 5.32 Å². The molecule has 1 aliphatic carbocycles. The van der Waals surface area contributed by atoms with Crippen molar-refractivity contribution in [3.05, 3.63) is 105 Å². The molecule has 1 aliphatic heterocycles. The second-order valence-electron chi connectivity index (χ2n) is 10.7. The Labute approximate surface area is 253 Å². The average Bonchev–Trinajstić information content (AvgIpc) is 3.56. The lowest BCUT2D eigenvalue weighted by atomic mass is 9.80. The van der Waals surface area contributed by atoms with Crippen LogP contribution in [0.4, 0.5) is 0 Å². The first-order valence-electron chi connectivity index (χ1n) is 15.2. The van der Waals surface area contributed by atoms with E-state index in [1.54, 1.807) is 0 Å². The van der Waals surface area contributed by atoms with E-state index >= 15 is 0 Å². The van der Waals surface area contributed by atoms with Gasteiger partial charge in [-0.05, 0) is 36.4 Å². The topological polar surface area (TPSA) is 56.8 Å². The van der Waals surface area contributed by atoms with Crippen LogP contribution in [0.25, 0.3) is 0 Å². The summed E-state index contributed by atoms with van der Waals surface area (Å²) in [7, 11) is 0. The highest BCUT2D eigenvalue weighted by Gasteiger charge is 2.37. The minimum absolute atomic E-state index is 0.128.